The molecule has 0 spiro atoms. The third kappa shape index (κ3) is 3.76. The number of aromatic nitrogens is 1. The summed E-state index contributed by atoms with van der Waals surface area (Å²) >= 11 is 1.46. The van der Waals surface area contributed by atoms with Crippen LogP contribution in [0.25, 0.3) is 10.6 Å². The van der Waals surface area contributed by atoms with Gasteiger partial charge in [0.1, 0.15) is 9.88 Å². The van der Waals surface area contributed by atoms with Gasteiger partial charge in [-0.25, -0.2) is 4.98 Å². The van der Waals surface area contributed by atoms with E-state index in [4.69, 9.17) is 0 Å². The zero-order chi connectivity index (χ0) is 18.8. The third-order valence-electron chi connectivity index (χ3n) is 5.56. The van der Waals surface area contributed by atoms with Crippen LogP contribution in [0.5, 0.6) is 0 Å². The lowest BCUT2D eigenvalue weighted by molar-refractivity contribution is -0.135. The lowest BCUT2D eigenvalue weighted by atomic mass is 9.95. The fraction of sp³-hybridized carbons (Fsp3) is 0.476. The SMILES string of the molecule is Cc1nc(-c2ccccc2)sc1C(=O)N1CCC(C(=O)N2CCCC2)CC1. The largest absolute Gasteiger partial charge is 0.342 e. The number of carbonyl (C=O) groups excluding carboxylic acids is 2. The topological polar surface area (TPSA) is 53.5 Å². The summed E-state index contributed by atoms with van der Waals surface area (Å²) in [5.41, 5.74) is 1.83. The normalized spacial score (nSPS) is 18.1. The van der Waals surface area contributed by atoms with Crippen molar-refractivity contribution < 1.29 is 9.59 Å². The zero-order valence-electron chi connectivity index (χ0n) is 15.7. The number of benzene rings is 1. The van der Waals surface area contributed by atoms with Crippen LogP contribution in [-0.4, -0.2) is 52.8 Å². The monoisotopic (exact) mass is 383 g/mol. The molecule has 2 fully saturated rings. The first kappa shape index (κ1) is 18.2. The molecule has 3 heterocycles. The van der Waals surface area contributed by atoms with Crippen molar-refractivity contribution in [3.8, 4) is 10.6 Å². The molecule has 0 radical (unpaired) electrons. The van der Waals surface area contributed by atoms with Crippen molar-refractivity contribution in [3.05, 3.63) is 40.9 Å². The number of thiazole rings is 1. The Balaban J connectivity index is 1.41. The molecule has 2 saturated heterocycles. The summed E-state index contributed by atoms with van der Waals surface area (Å²) in [5.74, 6) is 0.425. The summed E-state index contributed by atoms with van der Waals surface area (Å²) in [6, 6.07) is 9.97. The molecular weight excluding hydrogens is 358 g/mol. The highest BCUT2D eigenvalue weighted by molar-refractivity contribution is 7.17. The predicted octanol–water partition coefficient (Wildman–Crippen LogP) is 3.59. The Hall–Kier alpha value is -2.21. The van der Waals surface area contributed by atoms with E-state index in [1.807, 2.05) is 47.1 Å². The molecule has 0 saturated carbocycles. The van der Waals surface area contributed by atoms with Gasteiger partial charge in [-0.05, 0) is 32.6 Å². The minimum absolute atomic E-state index is 0.0549. The number of hydrogen-bond acceptors (Lipinski definition) is 4. The fourth-order valence-electron chi connectivity index (χ4n) is 3.97. The van der Waals surface area contributed by atoms with Crippen LogP contribution in [0.15, 0.2) is 30.3 Å². The van der Waals surface area contributed by atoms with Crippen LogP contribution in [0.1, 0.15) is 41.0 Å². The van der Waals surface area contributed by atoms with E-state index < -0.39 is 0 Å². The van der Waals surface area contributed by atoms with Gasteiger partial charge in [-0.15, -0.1) is 11.3 Å². The van der Waals surface area contributed by atoms with Crippen LogP contribution >= 0.6 is 11.3 Å². The van der Waals surface area contributed by atoms with Gasteiger partial charge in [0, 0.05) is 37.7 Å². The van der Waals surface area contributed by atoms with Gasteiger partial charge in [0.05, 0.1) is 5.69 Å². The number of likely N-dealkylation sites (tertiary alicyclic amines) is 2. The maximum atomic E-state index is 13.0. The Morgan fingerprint density at radius 3 is 2.33 bits per heavy atom. The summed E-state index contributed by atoms with van der Waals surface area (Å²) in [7, 11) is 0. The Morgan fingerprint density at radius 2 is 1.67 bits per heavy atom. The minimum Gasteiger partial charge on any atom is -0.342 e. The molecule has 2 aliphatic rings. The molecular formula is C21H25N3O2S. The first-order valence-electron chi connectivity index (χ1n) is 9.74. The van der Waals surface area contributed by atoms with Crippen molar-refractivity contribution in [1.29, 1.82) is 0 Å². The molecule has 0 N–H and O–H groups in total. The summed E-state index contributed by atoms with van der Waals surface area (Å²) < 4.78 is 0. The molecule has 2 aliphatic heterocycles. The molecule has 4 rings (SSSR count). The van der Waals surface area contributed by atoms with Crippen LogP contribution in [0.4, 0.5) is 0 Å². The van der Waals surface area contributed by atoms with Crippen molar-refractivity contribution in [1.82, 2.24) is 14.8 Å². The quantitative estimate of drug-likeness (QED) is 0.814. The van der Waals surface area contributed by atoms with Crippen LogP contribution in [-0.2, 0) is 4.79 Å². The maximum absolute atomic E-state index is 13.0. The number of rotatable bonds is 3. The molecule has 1 aromatic heterocycles. The molecule has 1 aromatic carbocycles. The van der Waals surface area contributed by atoms with Gasteiger partial charge in [-0.1, -0.05) is 30.3 Å². The van der Waals surface area contributed by atoms with Crippen molar-refractivity contribution in [3.63, 3.8) is 0 Å². The van der Waals surface area contributed by atoms with Gasteiger partial charge in [0.25, 0.3) is 5.91 Å². The summed E-state index contributed by atoms with van der Waals surface area (Å²) in [5, 5.41) is 0.885. The van der Waals surface area contributed by atoms with Gasteiger partial charge in [-0.2, -0.15) is 0 Å². The van der Waals surface area contributed by atoms with Gasteiger partial charge >= 0.3 is 0 Å². The van der Waals surface area contributed by atoms with E-state index in [-0.39, 0.29) is 11.8 Å². The average Bonchev–Trinajstić information content (AvgIpc) is 3.38. The number of aryl methyl sites for hydroxylation is 1. The predicted molar refractivity (Wildman–Crippen MR) is 107 cm³/mol. The maximum Gasteiger partial charge on any atom is 0.265 e. The van der Waals surface area contributed by atoms with Crippen LogP contribution in [0, 0.1) is 12.8 Å². The van der Waals surface area contributed by atoms with E-state index >= 15 is 0 Å². The van der Waals surface area contributed by atoms with Crippen LogP contribution in [0.3, 0.4) is 0 Å². The first-order chi connectivity index (χ1) is 13.1. The highest BCUT2D eigenvalue weighted by atomic mass is 32.1. The van der Waals surface area contributed by atoms with E-state index in [0.717, 1.165) is 59.9 Å². The van der Waals surface area contributed by atoms with E-state index in [0.29, 0.717) is 19.0 Å². The summed E-state index contributed by atoms with van der Waals surface area (Å²) in [6.45, 7) is 5.02. The average molecular weight is 384 g/mol. The number of nitrogens with zero attached hydrogens (tertiary/aromatic N) is 3. The second-order valence-electron chi connectivity index (χ2n) is 7.40. The smallest absolute Gasteiger partial charge is 0.265 e. The second-order valence-corrected chi connectivity index (χ2v) is 8.40. The zero-order valence-corrected chi connectivity index (χ0v) is 16.5. The standard InChI is InChI=1S/C21H25N3O2S/c1-15-18(27-19(22-15)16-7-3-2-4-8-16)21(26)24-13-9-17(10-14-24)20(25)23-11-5-6-12-23/h2-4,7-8,17H,5-6,9-14H2,1H3. The Bertz CT molecular complexity index is 819. The van der Waals surface area contributed by atoms with E-state index in [2.05, 4.69) is 4.98 Å². The van der Waals surface area contributed by atoms with Crippen molar-refractivity contribution >= 4 is 23.2 Å². The number of piperidine rings is 1. The van der Waals surface area contributed by atoms with E-state index in [1.54, 1.807) is 0 Å². The number of hydrogen-bond donors (Lipinski definition) is 0. The van der Waals surface area contributed by atoms with Crippen LogP contribution in [0.2, 0.25) is 0 Å². The summed E-state index contributed by atoms with van der Waals surface area (Å²) in [6.07, 6.45) is 3.78. The lowest BCUT2D eigenvalue weighted by Crippen LogP contribution is -2.43. The molecule has 27 heavy (non-hydrogen) atoms. The van der Waals surface area contributed by atoms with Crippen molar-refractivity contribution in [2.75, 3.05) is 26.2 Å². The Labute approximate surface area is 164 Å². The molecule has 5 nitrogen and oxygen atoms in total. The Kier molecular flexibility index (Phi) is 5.25. The number of amides is 2. The van der Waals surface area contributed by atoms with Gasteiger partial charge < -0.3 is 9.80 Å². The van der Waals surface area contributed by atoms with E-state index in [9.17, 15) is 9.59 Å². The van der Waals surface area contributed by atoms with Crippen LogP contribution < -0.4 is 0 Å². The fourth-order valence-corrected chi connectivity index (χ4v) is 5.01. The third-order valence-corrected chi connectivity index (χ3v) is 6.76. The van der Waals surface area contributed by atoms with Gasteiger partial charge in [-0.3, -0.25) is 9.59 Å². The molecule has 0 atom stereocenters. The molecule has 0 unspecified atom stereocenters. The minimum atomic E-state index is 0.0549. The number of carbonyl (C=O) groups is 2. The van der Waals surface area contributed by atoms with Crippen molar-refractivity contribution in [2.24, 2.45) is 5.92 Å². The highest BCUT2D eigenvalue weighted by Crippen LogP contribution is 2.30. The molecule has 2 aromatic rings. The van der Waals surface area contributed by atoms with Crippen molar-refractivity contribution in [2.45, 2.75) is 32.6 Å². The Morgan fingerprint density at radius 1 is 1.00 bits per heavy atom. The summed E-state index contributed by atoms with van der Waals surface area (Å²) in [4.78, 5) is 34.8. The molecule has 6 heteroatoms. The van der Waals surface area contributed by atoms with Gasteiger partial charge in [0.15, 0.2) is 0 Å². The molecule has 0 bridgehead atoms. The lowest BCUT2D eigenvalue weighted by Gasteiger charge is -2.33. The molecule has 142 valence electrons. The van der Waals surface area contributed by atoms with Gasteiger partial charge in [0.2, 0.25) is 5.91 Å². The first-order valence-corrected chi connectivity index (χ1v) is 10.6. The molecule has 2 amide bonds. The molecule has 0 aliphatic carbocycles. The van der Waals surface area contributed by atoms with E-state index in [1.165, 1.54) is 11.3 Å². The highest BCUT2D eigenvalue weighted by Gasteiger charge is 2.32. The second kappa shape index (κ2) is 7.80.